The number of benzene rings is 2. The van der Waals surface area contributed by atoms with Gasteiger partial charge in [0.1, 0.15) is 23.8 Å². The minimum absolute atomic E-state index is 0.0303. The Morgan fingerprint density at radius 2 is 1.63 bits per heavy atom. The Balaban J connectivity index is 1.75. The average Bonchev–Trinajstić information content (AvgIpc) is 3.22. The van der Waals surface area contributed by atoms with Crippen molar-refractivity contribution in [1.29, 1.82) is 0 Å². The van der Waals surface area contributed by atoms with Crippen molar-refractivity contribution in [2.24, 2.45) is 0 Å². The maximum absolute atomic E-state index is 14.3. The molecule has 0 bridgehead atoms. The van der Waals surface area contributed by atoms with Crippen LogP contribution in [0.2, 0.25) is 0 Å². The molecule has 11 heteroatoms. The highest BCUT2D eigenvalue weighted by Crippen LogP contribution is 2.34. The van der Waals surface area contributed by atoms with E-state index < -0.39 is 24.5 Å². The van der Waals surface area contributed by atoms with Gasteiger partial charge < -0.3 is 14.2 Å². The smallest absolute Gasteiger partial charge is 0.416 e. The lowest BCUT2D eigenvalue weighted by Gasteiger charge is -2.16. The molecule has 0 saturated heterocycles. The van der Waals surface area contributed by atoms with E-state index in [0.29, 0.717) is 17.7 Å². The van der Waals surface area contributed by atoms with Gasteiger partial charge in [-0.1, -0.05) is 42.5 Å². The van der Waals surface area contributed by atoms with E-state index in [1.807, 2.05) is 30.3 Å². The Bertz CT molecular complexity index is 1280. The number of hydrogen-bond donors (Lipinski definition) is 0. The second-order valence-corrected chi connectivity index (χ2v) is 7.58. The van der Waals surface area contributed by atoms with E-state index in [4.69, 9.17) is 14.2 Å². The zero-order valence-corrected chi connectivity index (χ0v) is 18.9. The van der Waals surface area contributed by atoms with Gasteiger partial charge in [0.2, 0.25) is 5.88 Å². The minimum atomic E-state index is -4.50. The molecule has 2 aromatic heterocycles. The van der Waals surface area contributed by atoms with Gasteiger partial charge in [-0.15, -0.1) is 0 Å². The topological polar surface area (TPSA) is 71.3 Å². The molecule has 0 aliphatic carbocycles. The maximum atomic E-state index is 14.3. The van der Waals surface area contributed by atoms with Gasteiger partial charge in [-0.05, 0) is 23.3 Å². The van der Waals surface area contributed by atoms with Gasteiger partial charge in [0, 0.05) is 0 Å². The maximum Gasteiger partial charge on any atom is 0.416 e. The van der Waals surface area contributed by atoms with Crippen molar-refractivity contribution in [3.63, 3.8) is 0 Å². The van der Waals surface area contributed by atoms with Crippen molar-refractivity contribution in [3.8, 4) is 11.9 Å². The Morgan fingerprint density at radius 3 is 2.23 bits per heavy atom. The Labute approximate surface area is 198 Å². The van der Waals surface area contributed by atoms with Crippen molar-refractivity contribution >= 4 is 11.0 Å². The van der Waals surface area contributed by atoms with Gasteiger partial charge in [0.25, 0.3) is 0 Å². The van der Waals surface area contributed by atoms with E-state index in [1.54, 1.807) is 0 Å². The van der Waals surface area contributed by atoms with Gasteiger partial charge in [0.05, 0.1) is 33.0 Å². The summed E-state index contributed by atoms with van der Waals surface area (Å²) < 4.78 is 71.0. The molecule has 1 atom stereocenters. The monoisotopic (exact) mass is 490 g/mol. The number of alkyl halides is 4. The fourth-order valence-corrected chi connectivity index (χ4v) is 3.64. The summed E-state index contributed by atoms with van der Waals surface area (Å²) in [6.45, 7) is -0.600. The van der Waals surface area contributed by atoms with Gasteiger partial charge in [-0.3, -0.25) is 0 Å². The van der Waals surface area contributed by atoms with Crippen molar-refractivity contribution in [2.75, 3.05) is 20.9 Å². The minimum Gasteiger partial charge on any atom is -0.480 e. The van der Waals surface area contributed by atoms with Crippen LogP contribution < -0.4 is 9.47 Å². The molecule has 7 nitrogen and oxygen atoms in total. The number of rotatable bonds is 9. The summed E-state index contributed by atoms with van der Waals surface area (Å²) >= 11 is 0. The number of nitrogens with zero attached hydrogens (tertiary/aromatic N) is 4. The van der Waals surface area contributed by atoms with Crippen molar-refractivity contribution in [3.05, 3.63) is 77.0 Å². The van der Waals surface area contributed by atoms with Crippen molar-refractivity contribution in [1.82, 2.24) is 19.7 Å². The van der Waals surface area contributed by atoms with Crippen LogP contribution in [0.3, 0.4) is 0 Å². The van der Waals surface area contributed by atoms with E-state index in [0.717, 1.165) is 17.7 Å². The Kier molecular flexibility index (Phi) is 7.15. The zero-order valence-electron chi connectivity index (χ0n) is 18.9. The molecule has 0 N–H and O–H groups in total. The molecule has 0 spiro atoms. The molecule has 35 heavy (non-hydrogen) atoms. The third kappa shape index (κ3) is 5.19. The molecule has 0 fully saturated rings. The number of halogens is 4. The van der Waals surface area contributed by atoms with Gasteiger partial charge in [-0.25, -0.2) is 9.07 Å². The van der Waals surface area contributed by atoms with Crippen LogP contribution in [0, 0.1) is 0 Å². The molecule has 0 radical (unpaired) electrons. The van der Waals surface area contributed by atoms with E-state index in [1.165, 1.54) is 31.0 Å². The largest absolute Gasteiger partial charge is 0.480 e. The van der Waals surface area contributed by atoms with Crippen molar-refractivity contribution in [2.45, 2.75) is 25.4 Å². The summed E-state index contributed by atoms with van der Waals surface area (Å²) in [7, 11) is 2.78. The van der Waals surface area contributed by atoms with Crippen LogP contribution in [0.25, 0.3) is 11.0 Å². The number of fused-ring (bicyclic) bond motifs is 1. The standard InChI is InChI=1S/C24H22F4N4O3/c1-33-22-20-18(14-35-13-15-6-4-3-5-7-15)31-32(21(20)29-23(30-22)34-2)19(12-25)16-8-10-17(11-9-16)24(26,27)28/h3-11,19H,12-14H2,1-2H3. The predicted octanol–water partition coefficient (Wildman–Crippen LogP) is 5.14. The number of methoxy groups -OCH3 is 2. The van der Waals surface area contributed by atoms with Crippen LogP contribution in [-0.2, 0) is 24.1 Å². The third-order valence-electron chi connectivity index (χ3n) is 5.36. The average molecular weight is 490 g/mol. The highest BCUT2D eigenvalue weighted by Gasteiger charge is 2.31. The first-order valence-corrected chi connectivity index (χ1v) is 10.6. The first-order chi connectivity index (χ1) is 16.9. The quantitative estimate of drug-likeness (QED) is 0.303. The summed E-state index contributed by atoms with van der Waals surface area (Å²) in [5.74, 6) is 0.154. The van der Waals surface area contributed by atoms with Crippen LogP contribution in [0.4, 0.5) is 17.6 Å². The van der Waals surface area contributed by atoms with E-state index >= 15 is 0 Å². The first kappa shape index (κ1) is 24.4. The SMILES string of the molecule is COc1nc(OC)c2c(COCc3ccccc3)nn(C(CF)c3ccc(C(F)(F)F)cc3)c2n1. The number of aromatic nitrogens is 4. The molecule has 2 aromatic carbocycles. The highest BCUT2D eigenvalue weighted by atomic mass is 19.4. The fraction of sp³-hybridized carbons (Fsp3) is 0.292. The predicted molar refractivity (Wildman–Crippen MR) is 119 cm³/mol. The van der Waals surface area contributed by atoms with E-state index in [9.17, 15) is 17.6 Å². The number of ether oxygens (including phenoxy) is 3. The second-order valence-electron chi connectivity index (χ2n) is 7.58. The third-order valence-corrected chi connectivity index (χ3v) is 5.36. The molecular weight excluding hydrogens is 468 g/mol. The molecule has 0 aliphatic heterocycles. The molecule has 4 aromatic rings. The lowest BCUT2D eigenvalue weighted by molar-refractivity contribution is -0.137. The number of hydrogen-bond acceptors (Lipinski definition) is 6. The Morgan fingerprint density at radius 1 is 0.914 bits per heavy atom. The second kappa shape index (κ2) is 10.3. The van der Waals surface area contributed by atoms with Gasteiger partial charge in [0.15, 0.2) is 5.65 Å². The van der Waals surface area contributed by atoms with Crippen LogP contribution in [0.15, 0.2) is 54.6 Å². The molecule has 184 valence electrons. The summed E-state index contributed by atoms with van der Waals surface area (Å²) in [6, 6.07) is 12.7. The molecule has 2 heterocycles. The molecule has 0 saturated carbocycles. The molecular formula is C24H22F4N4O3. The summed E-state index contributed by atoms with van der Waals surface area (Å²) in [5, 5.41) is 4.91. The lowest BCUT2D eigenvalue weighted by atomic mass is 10.1. The molecule has 4 rings (SSSR count). The Hall–Kier alpha value is -3.73. The van der Waals surface area contributed by atoms with Crippen LogP contribution in [0.5, 0.6) is 11.9 Å². The van der Waals surface area contributed by atoms with E-state index in [2.05, 4.69) is 15.1 Å². The van der Waals surface area contributed by atoms with Crippen molar-refractivity contribution < 1.29 is 31.8 Å². The summed E-state index contributed by atoms with van der Waals surface area (Å²) in [5.41, 5.74) is 1.01. The van der Waals surface area contributed by atoms with Gasteiger partial charge in [-0.2, -0.15) is 28.2 Å². The highest BCUT2D eigenvalue weighted by molar-refractivity contribution is 5.84. The van der Waals surface area contributed by atoms with Crippen LogP contribution >= 0.6 is 0 Å². The first-order valence-electron chi connectivity index (χ1n) is 10.6. The molecule has 1 unspecified atom stereocenters. The van der Waals surface area contributed by atoms with E-state index in [-0.39, 0.29) is 29.7 Å². The fourth-order valence-electron chi connectivity index (χ4n) is 3.64. The van der Waals surface area contributed by atoms with Crippen LogP contribution in [-0.4, -0.2) is 40.6 Å². The van der Waals surface area contributed by atoms with Crippen LogP contribution in [0.1, 0.15) is 28.4 Å². The normalized spacial score (nSPS) is 12.6. The summed E-state index contributed by atoms with van der Waals surface area (Å²) in [6.07, 6.45) is -4.50. The zero-order chi connectivity index (χ0) is 25.0. The lowest BCUT2D eigenvalue weighted by Crippen LogP contribution is -2.16. The van der Waals surface area contributed by atoms with Gasteiger partial charge >= 0.3 is 12.2 Å². The molecule has 0 amide bonds. The summed E-state index contributed by atoms with van der Waals surface area (Å²) in [4.78, 5) is 8.52. The molecule has 0 aliphatic rings.